The van der Waals surface area contributed by atoms with Crippen molar-refractivity contribution in [1.29, 1.82) is 0 Å². The first kappa shape index (κ1) is 24.7. The normalized spacial score (nSPS) is 19.5. The van der Waals surface area contributed by atoms with Crippen molar-refractivity contribution in [1.82, 2.24) is 9.47 Å². The molecule has 0 bridgehead atoms. The summed E-state index contributed by atoms with van der Waals surface area (Å²) in [5, 5.41) is 0. The summed E-state index contributed by atoms with van der Waals surface area (Å²) in [6.45, 7) is 2.36. The number of nitrogens with two attached hydrogens (primary N) is 1. The molecule has 0 spiro atoms. The Morgan fingerprint density at radius 3 is 2.55 bits per heavy atom. The monoisotopic (exact) mass is 507 g/mol. The van der Waals surface area contributed by atoms with Gasteiger partial charge in [0.25, 0.3) is 5.91 Å². The van der Waals surface area contributed by atoms with Crippen LogP contribution >= 0.6 is 0 Å². The van der Waals surface area contributed by atoms with Crippen molar-refractivity contribution >= 4 is 23.0 Å². The minimum Gasteiger partial charge on any atom is -0.342 e. The highest BCUT2D eigenvalue weighted by atomic mass is 16.2. The maximum atomic E-state index is 13.7. The summed E-state index contributed by atoms with van der Waals surface area (Å²) >= 11 is 0. The summed E-state index contributed by atoms with van der Waals surface area (Å²) in [5.74, 6) is 1.63. The number of piperidine rings is 1. The van der Waals surface area contributed by atoms with Crippen LogP contribution in [0.4, 0.5) is 5.69 Å². The SMILES string of the molecule is CN1C(c2ccc(CCc3ccccc3)n2CC2CC2)=NC=C(C(=O)N2CCC[C@@H](N)C2)c2ccccc21. The number of hydrogen-bond acceptors (Lipinski definition) is 4. The van der Waals surface area contributed by atoms with Crippen LogP contribution in [0.2, 0.25) is 0 Å². The first-order chi connectivity index (χ1) is 18.6. The molecule has 1 amide bonds. The number of carbonyl (C=O) groups excluding carboxylic acids is 1. The number of benzene rings is 2. The number of hydrogen-bond donors (Lipinski definition) is 1. The highest BCUT2D eigenvalue weighted by molar-refractivity contribution is 6.23. The van der Waals surface area contributed by atoms with Gasteiger partial charge in [-0.1, -0.05) is 48.5 Å². The van der Waals surface area contributed by atoms with Crippen molar-refractivity contribution in [2.75, 3.05) is 25.0 Å². The van der Waals surface area contributed by atoms with Gasteiger partial charge in [0, 0.05) is 50.2 Å². The molecule has 3 aliphatic rings. The molecular weight excluding hydrogens is 470 g/mol. The Labute approximate surface area is 225 Å². The number of aryl methyl sites for hydroxylation is 2. The number of rotatable bonds is 7. The van der Waals surface area contributed by atoms with Crippen LogP contribution in [0.1, 0.15) is 48.2 Å². The molecule has 2 fully saturated rings. The zero-order valence-electron chi connectivity index (χ0n) is 22.2. The summed E-state index contributed by atoms with van der Waals surface area (Å²) in [6, 6.07) is 23.4. The fourth-order valence-corrected chi connectivity index (χ4v) is 5.78. The number of amidine groups is 1. The molecule has 6 rings (SSSR count). The Morgan fingerprint density at radius 2 is 1.76 bits per heavy atom. The van der Waals surface area contributed by atoms with Crippen LogP contribution in [0.3, 0.4) is 0 Å². The Balaban J connectivity index is 1.36. The molecular formula is C32H37N5O. The molecule has 6 nitrogen and oxygen atoms in total. The van der Waals surface area contributed by atoms with E-state index in [-0.39, 0.29) is 11.9 Å². The Kier molecular flexibility index (Phi) is 6.90. The van der Waals surface area contributed by atoms with E-state index < -0.39 is 0 Å². The van der Waals surface area contributed by atoms with Crippen molar-refractivity contribution in [2.45, 2.75) is 51.1 Å². The summed E-state index contributed by atoms with van der Waals surface area (Å²) < 4.78 is 2.48. The van der Waals surface area contributed by atoms with Gasteiger partial charge in [-0.2, -0.15) is 0 Å². The van der Waals surface area contributed by atoms with Crippen LogP contribution < -0.4 is 10.6 Å². The zero-order chi connectivity index (χ0) is 26.1. The molecule has 1 saturated heterocycles. The summed E-state index contributed by atoms with van der Waals surface area (Å²) in [6.07, 6.45) is 8.27. The van der Waals surface area contributed by atoms with E-state index in [0.717, 1.165) is 67.5 Å². The minimum atomic E-state index is 0.0166. The van der Waals surface area contributed by atoms with Crippen molar-refractivity contribution < 1.29 is 4.79 Å². The van der Waals surface area contributed by atoms with E-state index in [1.807, 2.05) is 23.1 Å². The Morgan fingerprint density at radius 1 is 0.974 bits per heavy atom. The zero-order valence-corrected chi connectivity index (χ0v) is 22.2. The number of anilines is 1. The van der Waals surface area contributed by atoms with Crippen molar-refractivity contribution in [3.63, 3.8) is 0 Å². The van der Waals surface area contributed by atoms with E-state index in [9.17, 15) is 4.79 Å². The van der Waals surface area contributed by atoms with Crippen LogP contribution in [0.15, 0.2) is 77.9 Å². The smallest absolute Gasteiger partial charge is 0.256 e. The summed E-state index contributed by atoms with van der Waals surface area (Å²) in [4.78, 5) is 22.8. The predicted octanol–water partition coefficient (Wildman–Crippen LogP) is 4.87. The number of nitrogens with zero attached hydrogens (tertiary/aromatic N) is 4. The Bertz CT molecular complexity index is 1370. The van der Waals surface area contributed by atoms with E-state index in [1.165, 1.54) is 24.1 Å². The molecule has 38 heavy (non-hydrogen) atoms. The van der Waals surface area contributed by atoms with E-state index in [2.05, 4.69) is 65.0 Å². The molecule has 3 heterocycles. The van der Waals surface area contributed by atoms with Gasteiger partial charge in [0.05, 0.1) is 17.0 Å². The molecule has 196 valence electrons. The van der Waals surface area contributed by atoms with Crippen LogP contribution in [-0.4, -0.2) is 47.4 Å². The molecule has 2 aliphatic heterocycles. The lowest BCUT2D eigenvalue weighted by Crippen LogP contribution is -2.46. The molecule has 3 aromatic rings. The third-order valence-electron chi connectivity index (χ3n) is 8.12. The van der Waals surface area contributed by atoms with Gasteiger partial charge in [-0.3, -0.25) is 4.79 Å². The maximum absolute atomic E-state index is 13.7. The number of amides is 1. The van der Waals surface area contributed by atoms with Gasteiger partial charge in [-0.25, -0.2) is 4.99 Å². The van der Waals surface area contributed by atoms with Crippen LogP contribution in [0.5, 0.6) is 0 Å². The molecule has 0 unspecified atom stereocenters. The van der Waals surface area contributed by atoms with Gasteiger partial charge >= 0.3 is 0 Å². The summed E-state index contributed by atoms with van der Waals surface area (Å²) in [7, 11) is 2.06. The molecule has 1 saturated carbocycles. The van der Waals surface area contributed by atoms with E-state index in [0.29, 0.717) is 12.1 Å². The van der Waals surface area contributed by atoms with Crippen LogP contribution in [0, 0.1) is 5.92 Å². The van der Waals surface area contributed by atoms with Crippen molar-refractivity contribution in [2.24, 2.45) is 16.6 Å². The van der Waals surface area contributed by atoms with Gasteiger partial charge in [-0.15, -0.1) is 0 Å². The lowest BCUT2D eigenvalue weighted by molar-refractivity contribution is -0.126. The second kappa shape index (κ2) is 10.6. The third-order valence-corrected chi connectivity index (χ3v) is 8.12. The summed E-state index contributed by atoms with van der Waals surface area (Å²) in [5.41, 5.74) is 12.6. The second-order valence-electron chi connectivity index (χ2n) is 11.0. The van der Waals surface area contributed by atoms with Gasteiger partial charge in [0.1, 0.15) is 0 Å². The molecule has 1 atom stereocenters. The topological polar surface area (TPSA) is 66.9 Å². The lowest BCUT2D eigenvalue weighted by Gasteiger charge is -2.31. The van der Waals surface area contributed by atoms with Crippen molar-refractivity contribution in [3.05, 3.63) is 95.4 Å². The van der Waals surface area contributed by atoms with E-state index >= 15 is 0 Å². The third kappa shape index (κ3) is 5.05. The maximum Gasteiger partial charge on any atom is 0.256 e. The number of likely N-dealkylation sites (tertiary alicyclic amines) is 1. The average molecular weight is 508 g/mol. The second-order valence-corrected chi connectivity index (χ2v) is 11.0. The number of aliphatic imine (C=N–C) groups is 1. The first-order valence-corrected chi connectivity index (χ1v) is 14.0. The lowest BCUT2D eigenvalue weighted by atomic mass is 10.0. The molecule has 2 N–H and O–H groups in total. The number of fused-ring (bicyclic) bond motifs is 1. The van der Waals surface area contributed by atoms with Crippen LogP contribution in [-0.2, 0) is 24.2 Å². The Hall–Kier alpha value is -3.64. The molecule has 6 heteroatoms. The largest absolute Gasteiger partial charge is 0.342 e. The van der Waals surface area contributed by atoms with Gasteiger partial charge < -0.3 is 20.1 Å². The van der Waals surface area contributed by atoms with Gasteiger partial charge in [0.2, 0.25) is 0 Å². The number of para-hydroxylation sites is 1. The molecule has 2 aromatic carbocycles. The highest BCUT2D eigenvalue weighted by Crippen LogP contribution is 2.35. The van der Waals surface area contributed by atoms with Crippen LogP contribution in [0.25, 0.3) is 5.57 Å². The number of aromatic nitrogens is 1. The van der Waals surface area contributed by atoms with Gasteiger partial charge in [0.15, 0.2) is 5.84 Å². The quantitative estimate of drug-likeness (QED) is 0.496. The van der Waals surface area contributed by atoms with E-state index in [1.54, 1.807) is 6.20 Å². The molecule has 1 aromatic heterocycles. The number of carbonyl (C=O) groups is 1. The highest BCUT2D eigenvalue weighted by Gasteiger charge is 2.30. The predicted molar refractivity (Wildman–Crippen MR) is 154 cm³/mol. The molecule has 0 radical (unpaired) electrons. The fraction of sp³-hybridized carbons (Fsp3) is 0.375. The van der Waals surface area contributed by atoms with Crippen molar-refractivity contribution in [3.8, 4) is 0 Å². The minimum absolute atomic E-state index is 0.0166. The average Bonchev–Trinajstić information content (AvgIpc) is 3.71. The standard InChI is InChI=1S/C32H37N5O/c1-35-29-12-6-5-11-27(29)28(32(38)36-19-7-10-25(33)22-36)20-34-31(35)30-18-17-26(37(30)21-24-13-14-24)16-15-23-8-3-2-4-9-23/h2-6,8-9,11-12,17-18,20,24-25H,7,10,13-16,19,21-22,33H2,1H3/t25-/m1/s1. The van der Waals surface area contributed by atoms with E-state index in [4.69, 9.17) is 10.7 Å². The van der Waals surface area contributed by atoms with Gasteiger partial charge in [-0.05, 0) is 68.2 Å². The fourth-order valence-electron chi connectivity index (χ4n) is 5.78. The molecule has 1 aliphatic carbocycles. The first-order valence-electron chi connectivity index (χ1n) is 14.0.